The van der Waals surface area contributed by atoms with E-state index in [4.69, 9.17) is 12.2 Å². The highest BCUT2D eigenvalue weighted by atomic mass is 32.1. The van der Waals surface area contributed by atoms with Gasteiger partial charge in [0, 0.05) is 14.1 Å². The zero-order valence-electron chi connectivity index (χ0n) is 12.2. The minimum absolute atomic E-state index is 0.120. The van der Waals surface area contributed by atoms with Gasteiger partial charge in [-0.3, -0.25) is 19.4 Å². The number of fused-ring (bicyclic) bond motifs is 1. The third-order valence-corrected chi connectivity index (χ3v) is 4.31. The summed E-state index contributed by atoms with van der Waals surface area (Å²) in [4.78, 5) is 27.3. The second-order valence-corrected chi connectivity index (χ2v) is 5.50. The summed E-state index contributed by atoms with van der Waals surface area (Å²) in [5, 5.41) is 2.27. The first kappa shape index (κ1) is 14.4. The molecule has 1 fully saturated rings. The molecule has 3 rings (SSSR count). The number of rotatable bonds is 1. The number of thiocarbonyl (C=S) groups is 1. The first-order valence-electron chi connectivity index (χ1n) is 6.80. The summed E-state index contributed by atoms with van der Waals surface area (Å²) in [5.41, 5.74) is 0.958. The highest BCUT2D eigenvalue weighted by molar-refractivity contribution is 7.80. The average molecular weight is 310 g/mol. The van der Waals surface area contributed by atoms with Gasteiger partial charge in [-0.1, -0.05) is 42.5 Å². The van der Waals surface area contributed by atoms with Gasteiger partial charge in [0.15, 0.2) is 5.11 Å². The molecule has 0 atom stereocenters. The molecule has 1 saturated heterocycles. The molecule has 22 heavy (non-hydrogen) atoms. The van der Waals surface area contributed by atoms with E-state index >= 15 is 0 Å². The van der Waals surface area contributed by atoms with Crippen LogP contribution in [0.25, 0.3) is 16.8 Å². The number of amides is 2. The summed E-state index contributed by atoms with van der Waals surface area (Å²) >= 11 is 5.08. The molecule has 0 aromatic heterocycles. The second-order valence-electron chi connectivity index (χ2n) is 5.14. The number of hydrogen-bond donors (Lipinski definition) is 0. The van der Waals surface area contributed by atoms with Crippen LogP contribution in [0, 0.1) is 0 Å². The van der Waals surface area contributed by atoms with Gasteiger partial charge in [-0.15, -0.1) is 0 Å². The van der Waals surface area contributed by atoms with Crippen molar-refractivity contribution in [1.29, 1.82) is 0 Å². The predicted molar refractivity (Wildman–Crippen MR) is 90.1 cm³/mol. The number of carbonyl (C=O) groups excluding carboxylic acids is 2. The lowest BCUT2D eigenvalue weighted by Gasteiger charge is -2.31. The molecule has 0 N–H and O–H groups in total. The van der Waals surface area contributed by atoms with Crippen molar-refractivity contribution in [2.24, 2.45) is 0 Å². The Labute approximate surface area is 133 Å². The van der Waals surface area contributed by atoms with E-state index in [-0.39, 0.29) is 22.5 Å². The lowest BCUT2D eigenvalue weighted by Crippen LogP contribution is -2.52. The largest absolute Gasteiger partial charge is 0.288 e. The van der Waals surface area contributed by atoms with Crippen LogP contribution in [-0.4, -0.2) is 40.8 Å². The molecule has 0 spiro atoms. The first-order chi connectivity index (χ1) is 10.5. The Morgan fingerprint density at radius 2 is 1.50 bits per heavy atom. The van der Waals surface area contributed by atoms with Crippen LogP contribution in [0.1, 0.15) is 5.56 Å². The Balaban J connectivity index is 2.16. The molecule has 2 amide bonds. The standard InChI is InChI=1S/C17H14N2O2S/c1-18-15(20)14(16(21)19(2)17(18)22)10-12-8-5-7-11-6-3-4-9-13(11)12/h3-10H,1-2H3. The van der Waals surface area contributed by atoms with Gasteiger partial charge in [0.1, 0.15) is 5.57 Å². The van der Waals surface area contributed by atoms with Crippen LogP contribution in [0.5, 0.6) is 0 Å². The molecular weight excluding hydrogens is 296 g/mol. The summed E-state index contributed by atoms with van der Waals surface area (Å²) < 4.78 is 0. The molecule has 1 aliphatic heterocycles. The third kappa shape index (κ3) is 2.19. The summed E-state index contributed by atoms with van der Waals surface area (Å²) in [7, 11) is 3.15. The van der Waals surface area contributed by atoms with E-state index in [1.165, 1.54) is 9.80 Å². The molecule has 0 aliphatic carbocycles. The third-order valence-electron chi connectivity index (χ3n) is 3.77. The Hall–Kier alpha value is -2.53. The van der Waals surface area contributed by atoms with Crippen molar-refractivity contribution in [3.05, 3.63) is 53.6 Å². The topological polar surface area (TPSA) is 40.6 Å². The first-order valence-corrected chi connectivity index (χ1v) is 7.21. The lowest BCUT2D eigenvalue weighted by molar-refractivity contribution is -0.132. The van der Waals surface area contributed by atoms with Gasteiger partial charge in [0.05, 0.1) is 0 Å². The second kappa shape index (κ2) is 5.35. The zero-order valence-corrected chi connectivity index (χ0v) is 13.1. The maximum absolute atomic E-state index is 12.4. The molecule has 0 radical (unpaired) electrons. The quantitative estimate of drug-likeness (QED) is 0.461. The summed E-state index contributed by atoms with van der Waals surface area (Å²) in [6.45, 7) is 0. The fraction of sp³-hybridized carbons (Fsp3) is 0.118. The molecule has 2 aromatic rings. The molecule has 0 unspecified atom stereocenters. The van der Waals surface area contributed by atoms with Crippen LogP contribution in [0.15, 0.2) is 48.0 Å². The Bertz CT molecular complexity index is 810. The number of likely N-dealkylation sites (N-methyl/N-ethyl adjacent to an activating group) is 2. The SMILES string of the molecule is CN1C(=O)C(=Cc2cccc3ccccc23)C(=O)N(C)C1=S. The van der Waals surface area contributed by atoms with E-state index in [2.05, 4.69) is 0 Å². The predicted octanol–water partition coefficient (Wildman–Crippen LogP) is 2.44. The average Bonchev–Trinajstić information content (AvgIpc) is 2.55. The molecule has 0 bridgehead atoms. The molecule has 1 aliphatic rings. The Morgan fingerprint density at radius 3 is 2.18 bits per heavy atom. The summed E-state index contributed by atoms with van der Waals surface area (Å²) in [6, 6.07) is 13.6. The number of hydrogen-bond acceptors (Lipinski definition) is 3. The van der Waals surface area contributed by atoms with Gasteiger partial charge in [-0.25, -0.2) is 0 Å². The van der Waals surface area contributed by atoms with Gasteiger partial charge >= 0.3 is 0 Å². The van der Waals surface area contributed by atoms with Crippen molar-refractivity contribution < 1.29 is 9.59 Å². The molecule has 1 heterocycles. The van der Waals surface area contributed by atoms with Gasteiger partial charge in [-0.05, 0) is 34.6 Å². The molecule has 2 aromatic carbocycles. The van der Waals surface area contributed by atoms with Crippen LogP contribution >= 0.6 is 12.2 Å². The summed E-state index contributed by atoms with van der Waals surface area (Å²) in [6.07, 6.45) is 1.64. The molecular formula is C17H14N2O2S. The number of benzene rings is 2. The number of carbonyl (C=O) groups is 2. The maximum atomic E-state index is 12.4. The maximum Gasteiger partial charge on any atom is 0.265 e. The zero-order chi connectivity index (χ0) is 15.9. The fourth-order valence-electron chi connectivity index (χ4n) is 2.51. The molecule has 0 saturated carbocycles. The number of nitrogens with zero attached hydrogens (tertiary/aromatic N) is 2. The van der Waals surface area contributed by atoms with Crippen LogP contribution < -0.4 is 0 Å². The van der Waals surface area contributed by atoms with Gasteiger partial charge in [-0.2, -0.15) is 0 Å². The van der Waals surface area contributed by atoms with Gasteiger partial charge in [0.25, 0.3) is 11.8 Å². The van der Waals surface area contributed by atoms with E-state index in [9.17, 15) is 9.59 Å². The van der Waals surface area contributed by atoms with E-state index in [1.54, 1.807) is 20.2 Å². The van der Waals surface area contributed by atoms with Crippen LogP contribution in [0.4, 0.5) is 0 Å². The van der Waals surface area contributed by atoms with Crippen molar-refractivity contribution in [2.75, 3.05) is 14.1 Å². The Morgan fingerprint density at radius 1 is 0.909 bits per heavy atom. The van der Waals surface area contributed by atoms with E-state index in [1.807, 2.05) is 42.5 Å². The molecule has 110 valence electrons. The Kier molecular flexibility index (Phi) is 3.50. The van der Waals surface area contributed by atoms with E-state index < -0.39 is 0 Å². The minimum atomic E-state index is -0.374. The highest BCUT2D eigenvalue weighted by Crippen LogP contribution is 2.23. The van der Waals surface area contributed by atoms with E-state index in [0.29, 0.717) is 0 Å². The van der Waals surface area contributed by atoms with Gasteiger partial charge in [0.2, 0.25) is 0 Å². The highest BCUT2D eigenvalue weighted by Gasteiger charge is 2.35. The van der Waals surface area contributed by atoms with Crippen molar-refractivity contribution in [1.82, 2.24) is 9.80 Å². The van der Waals surface area contributed by atoms with Crippen LogP contribution in [0.2, 0.25) is 0 Å². The van der Waals surface area contributed by atoms with Crippen molar-refractivity contribution in [2.45, 2.75) is 0 Å². The van der Waals surface area contributed by atoms with Crippen molar-refractivity contribution in [3.8, 4) is 0 Å². The van der Waals surface area contributed by atoms with Crippen LogP contribution in [-0.2, 0) is 9.59 Å². The van der Waals surface area contributed by atoms with Gasteiger partial charge < -0.3 is 0 Å². The minimum Gasteiger partial charge on any atom is -0.288 e. The molecule has 5 heteroatoms. The lowest BCUT2D eigenvalue weighted by atomic mass is 10.0. The smallest absolute Gasteiger partial charge is 0.265 e. The molecule has 4 nitrogen and oxygen atoms in total. The normalized spacial score (nSPS) is 15.7. The van der Waals surface area contributed by atoms with E-state index in [0.717, 1.165) is 16.3 Å². The monoisotopic (exact) mass is 310 g/mol. The van der Waals surface area contributed by atoms with Crippen molar-refractivity contribution >= 4 is 46.0 Å². The summed E-state index contributed by atoms with van der Waals surface area (Å²) in [5.74, 6) is -0.748. The fourth-order valence-corrected chi connectivity index (χ4v) is 2.67. The van der Waals surface area contributed by atoms with Crippen LogP contribution in [0.3, 0.4) is 0 Å². The van der Waals surface area contributed by atoms with Crippen molar-refractivity contribution in [3.63, 3.8) is 0 Å².